The van der Waals surface area contributed by atoms with Crippen LogP contribution < -0.4 is 10.4 Å². The maximum atomic E-state index is 12.1. The molecule has 1 heterocycles. The topological polar surface area (TPSA) is 106 Å². The quantitative estimate of drug-likeness (QED) is 0.271. The van der Waals surface area contributed by atoms with Gasteiger partial charge < -0.3 is 9.15 Å². The van der Waals surface area contributed by atoms with Gasteiger partial charge in [-0.2, -0.15) is 5.26 Å². The van der Waals surface area contributed by atoms with Gasteiger partial charge in [-0.3, -0.25) is 10.1 Å². The van der Waals surface area contributed by atoms with Crippen LogP contribution in [0.3, 0.4) is 0 Å². The van der Waals surface area contributed by atoms with Crippen LogP contribution in [0, 0.1) is 21.4 Å². The van der Waals surface area contributed by atoms with E-state index in [0.29, 0.717) is 40.0 Å². The largest absolute Gasteiger partial charge is 0.489 e. The Morgan fingerprint density at radius 3 is 2.40 bits per heavy atom. The Morgan fingerprint density at radius 1 is 1.00 bits per heavy atom. The lowest BCUT2D eigenvalue weighted by atomic mass is 10.0. The SMILES string of the molecule is N#Cc1ccc(COc2ccc3c(-c4ccc([N+](=O)[O-])cc4)cc(=O)oc3c2)cc1. The van der Waals surface area contributed by atoms with E-state index >= 15 is 0 Å². The van der Waals surface area contributed by atoms with E-state index in [1.54, 1.807) is 42.5 Å². The molecule has 7 heteroatoms. The highest BCUT2D eigenvalue weighted by Crippen LogP contribution is 2.31. The molecule has 0 saturated heterocycles. The standard InChI is InChI=1S/C23H14N2O5/c24-13-15-1-3-16(4-2-15)14-29-19-9-10-20-21(12-23(26)30-22(20)11-19)17-5-7-18(8-6-17)25(27)28/h1-12H,14H2. The maximum Gasteiger partial charge on any atom is 0.336 e. The summed E-state index contributed by atoms with van der Waals surface area (Å²) in [5.74, 6) is 0.524. The second-order valence-electron chi connectivity index (χ2n) is 6.54. The van der Waals surface area contributed by atoms with E-state index in [-0.39, 0.29) is 5.69 Å². The molecule has 0 aliphatic carbocycles. The van der Waals surface area contributed by atoms with Gasteiger partial charge in [-0.25, -0.2) is 4.79 Å². The van der Waals surface area contributed by atoms with Crippen molar-refractivity contribution in [1.29, 1.82) is 5.26 Å². The molecule has 0 aliphatic rings. The van der Waals surface area contributed by atoms with Gasteiger partial charge in [0.2, 0.25) is 0 Å². The number of ether oxygens (including phenoxy) is 1. The number of non-ortho nitro benzene ring substituents is 1. The van der Waals surface area contributed by atoms with Gasteiger partial charge in [0.05, 0.1) is 16.6 Å². The van der Waals surface area contributed by atoms with Gasteiger partial charge >= 0.3 is 5.63 Å². The number of fused-ring (bicyclic) bond motifs is 1. The maximum absolute atomic E-state index is 12.1. The van der Waals surface area contributed by atoms with Crippen LogP contribution in [0.15, 0.2) is 82.0 Å². The van der Waals surface area contributed by atoms with Crippen molar-refractivity contribution in [1.82, 2.24) is 0 Å². The van der Waals surface area contributed by atoms with E-state index in [0.717, 1.165) is 5.56 Å². The Bertz CT molecular complexity index is 1330. The first-order valence-corrected chi connectivity index (χ1v) is 8.98. The molecule has 0 saturated carbocycles. The Kier molecular flexibility index (Phi) is 4.97. The fourth-order valence-electron chi connectivity index (χ4n) is 3.08. The lowest BCUT2D eigenvalue weighted by molar-refractivity contribution is -0.384. The summed E-state index contributed by atoms with van der Waals surface area (Å²) in [6.45, 7) is 0.295. The first-order valence-electron chi connectivity index (χ1n) is 8.98. The Balaban J connectivity index is 1.64. The van der Waals surface area contributed by atoms with Crippen LogP contribution in [0.25, 0.3) is 22.1 Å². The third-order valence-electron chi connectivity index (χ3n) is 4.59. The molecule has 0 atom stereocenters. The highest BCUT2D eigenvalue weighted by atomic mass is 16.6. The van der Waals surface area contributed by atoms with Crippen LogP contribution in [-0.2, 0) is 6.61 Å². The molecule has 3 aromatic carbocycles. The summed E-state index contributed by atoms with van der Waals surface area (Å²) < 4.78 is 11.1. The zero-order valence-electron chi connectivity index (χ0n) is 15.6. The molecule has 0 unspecified atom stereocenters. The summed E-state index contributed by atoms with van der Waals surface area (Å²) in [5.41, 5.74) is 2.57. The molecule has 7 nitrogen and oxygen atoms in total. The lowest BCUT2D eigenvalue weighted by Crippen LogP contribution is -1.99. The van der Waals surface area contributed by atoms with Crippen molar-refractivity contribution in [2.45, 2.75) is 6.61 Å². The van der Waals surface area contributed by atoms with E-state index in [2.05, 4.69) is 6.07 Å². The number of hydrogen-bond donors (Lipinski definition) is 0. The Labute approximate surface area is 170 Å². The summed E-state index contributed by atoms with van der Waals surface area (Å²) >= 11 is 0. The van der Waals surface area contributed by atoms with E-state index in [1.807, 2.05) is 12.1 Å². The molecule has 0 spiro atoms. The lowest BCUT2D eigenvalue weighted by Gasteiger charge is -2.09. The second kappa shape index (κ2) is 7.89. The summed E-state index contributed by atoms with van der Waals surface area (Å²) in [7, 11) is 0. The number of nitro groups is 1. The molecule has 146 valence electrons. The third kappa shape index (κ3) is 3.88. The summed E-state index contributed by atoms with van der Waals surface area (Å²) in [6, 6.07) is 21.6. The van der Waals surface area contributed by atoms with Crippen LogP contribution >= 0.6 is 0 Å². The highest BCUT2D eigenvalue weighted by Gasteiger charge is 2.11. The Hall–Kier alpha value is -4.44. The summed E-state index contributed by atoms with van der Waals surface area (Å²) in [5, 5.41) is 20.4. The van der Waals surface area contributed by atoms with Gasteiger partial charge in [0.25, 0.3) is 5.69 Å². The molecule has 0 amide bonds. The van der Waals surface area contributed by atoms with E-state index in [9.17, 15) is 14.9 Å². The van der Waals surface area contributed by atoms with Gasteiger partial charge in [0, 0.05) is 29.7 Å². The average molecular weight is 398 g/mol. The summed E-state index contributed by atoms with van der Waals surface area (Å²) in [4.78, 5) is 22.4. The molecule has 4 rings (SSSR count). The molecule has 30 heavy (non-hydrogen) atoms. The normalized spacial score (nSPS) is 10.5. The van der Waals surface area contributed by atoms with Gasteiger partial charge in [0.15, 0.2) is 0 Å². The van der Waals surface area contributed by atoms with E-state index in [4.69, 9.17) is 14.4 Å². The van der Waals surface area contributed by atoms with Crippen LogP contribution in [0.5, 0.6) is 5.75 Å². The molecular formula is C23H14N2O5. The van der Waals surface area contributed by atoms with Crippen molar-refractivity contribution in [2.24, 2.45) is 0 Å². The van der Waals surface area contributed by atoms with Crippen molar-refractivity contribution in [3.63, 3.8) is 0 Å². The van der Waals surface area contributed by atoms with Gasteiger partial charge in [-0.05, 0) is 53.1 Å². The average Bonchev–Trinajstić information content (AvgIpc) is 2.77. The van der Waals surface area contributed by atoms with Crippen LogP contribution in [0.2, 0.25) is 0 Å². The molecule has 4 aromatic rings. The predicted octanol–water partition coefficient (Wildman–Crippen LogP) is 4.82. The number of rotatable bonds is 5. The van der Waals surface area contributed by atoms with Crippen LogP contribution in [0.1, 0.15) is 11.1 Å². The second-order valence-corrected chi connectivity index (χ2v) is 6.54. The Morgan fingerprint density at radius 2 is 1.73 bits per heavy atom. The first-order chi connectivity index (χ1) is 14.5. The number of nitriles is 1. The van der Waals surface area contributed by atoms with Crippen molar-refractivity contribution in [3.05, 3.63) is 104 Å². The fourth-order valence-corrected chi connectivity index (χ4v) is 3.08. The number of benzene rings is 3. The molecule has 0 fully saturated rings. The number of nitrogens with zero attached hydrogens (tertiary/aromatic N) is 2. The fraction of sp³-hybridized carbons (Fsp3) is 0.0435. The molecule has 0 bridgehead atoms. The van der Waals surface area contributed by atoms with Gasteiger partial charge in [0.1, 0.15) is 17.9 Å². The van der Waals surface area contributed by atoms with Crippen molar-refractivity contribution < 1.29 is 14.1 Å². The zero-order chi connectivity index (χ0) is 21.1. The minimum Gasteiger partial charge on any atom is -0.489 e. The zero-order valence-corrected chi connectivity index (χ0v) is 15.6. The summed E-state index contributed by atoms with van der Waals surface area (Å²) in [6.07, 6.45) is 0. The van der Waals surface area contributed by atoms with Crippen LogP contribution in [-0.4, -0.2) is 4.92 Å². The molecular weight excluding hydrogens is 384 g/mol. The monoisotopic (exact) mass is 398 g/mol. The van der Waals surface area contributed by atoms with Crippen molar-refractivity contribution >= 4 is 16.7 Å². The van der Waals surface area contributed by atoms with Crippen LogP contribution in [0.4, 0.5) is 5.69 Å². The number of hydrogen-bond acceptors (Lipinski definition) is 6. The smallest absolute Gasteiger partial charge is 0.336 e. The highest BCUT2D eigenvalue weighted by molar-refractivity contribution is 5.93. The molecule has 0 N–H and O–H groups in total. The predicted molar refractivity (Wildman–Crippen MR) is 110 cm³/mol. The minimum absolute atomic E-state index is 0.0236. The molecule has 0 radical (unpaired) electrons. The third-order valence-corrected chi connectivity index (χ3v) is 4.59. The van der Waals surface area contributed by atoms with Crippen molar-refractivity contribution in [3.8, 4) is 22.9 Å². The number of nitro benzene ring substituents is 1. The van der Waals surface area contributed by atoms with Gasteiger partial charge in [-0.1, -0.05) is 12.1 Å². The van der Waals surface area contributed by atoms with E-state index in [1.165, 1.54) is 18.2 Å². The molecule has 1 aromatic heterocycles. The minimum atomic E-state index is -0.528. The first kappa shape index (κ1) is 18.9. The van der Waals surface area contributed by atoms with Crippen molar-refractivity contribution in [2.75, 3.05) is 0 Å². The van der Waals surface area contributed by atoms with Gasteiger partial charge in [-0.15, -0.1) is 0 Å². The molecule has 0 aliphatic heterocycles. The van der Waals surface area contributed by atoms with E-state index < -0.39 is 10.5 Å².